The molecule has 1 saturated heterocycles. The van der Waals surface area contributed by atoms with Gasteiger partial charge in [0.05, 0.1) is 10.2 Å². The number of H-pyrrole nitrogens is 1. The molecule has 0 amide bonds. The summed E-state index contributed by atoms with van der Waals surface area (Å²) in [6, 6.07) is 17.4. The molecule has 5 rings (SSSR count). The number of aromatic amines is 1. The van der Waals surface area contributed by atoms with Crippen LogP contribution in [0.15, 0.2) is 48.5 Å². The molecule has 1 fully saturated rings. The van der Waals surface area contributed by atoms with Gasteiger partial charge in [-0.3, -0.25) is 4.90 Å². The molecule has 4 aromatic rings. The van der Waals surface area contributed by atoms with Crippen molar-refractivity contribution in [2.24, 2.45) is 0 Å². The van der Waals surface area contributed by atoms with E-state index in [9.17, 15) is 0 Å². The zero-order valence-corrected chi connectivity index (χ0v) is 16.2. The van der Waals surface area contributed by atoms with Gasteiger partial charge in [-0.25, -0.2) is 4.98 Å². The van der Waals surface area contributed by atoms with E-state index in [1.807, 2.05) is 6.07 Å². The van der Waals surface area contributed by atoms with Gasteiger partial charge < -0.3 is 10.3 Å². The number of rotatable bonds is 6. The summed E-state index contributed by atoms with van der Waals surface area (Å²) >= 11 is 1.77. The van der Waals surface area contributed by atoms with Crippen LogP contribution in [-0.2, 0) is 19.6 Å². The molecule has 0 saturated carbocycles. The number of thiazole rings is 1. The van der Waals surface area contributed by atoms with Crippen LogP contribution in [0.2, 0.25) is 0 Å². The second-order valence-electron chi connectivity index (χ2n) is 7.38. The molecule has 0 unspecified atom stereocenters. The van der Waals surface area contributed by atoms with Crippen LogP contribution in [0.1, 0.15) is 29.1 Å². The zero-order chi connectivity index (χ0) is 18.1. The Balaban J connectivity index is 1.23. The third kappa shape index (κ3) is 3.76. The Morgan fingerprint density at radius 3 is 2.81 bits per heavy atom. The summed E-state index contributed by atoms with van der Waals surface area (Å²) in [6.07, 6.45) is 2.68. The van der Waals surface area contributed by atoms with Crippen molar-refractivity contribution in [1.29, 1.82) is 0 Å². The third-order valence-electron chi connectivity index (χ3n) is 5.28. The summed E-state index contributed by atoms with van der Waals surface area (Å²) in [4.78, 5) is 10.8. The van der Waals surface area contributed by atoms with Crippen molar-refractivity contribution in [3.63, 3.8) is 0 Å². The van der Waals surface area contributed by atoms with Gasteiger partial charge in [0.15, 0.2) is 0 Å². The van der Waals surface area contributed by atoms with E-state index in [0.29, 0.717) is 0 Å². The fourth-order valence-electron chi connectivity index (χ4n) is 3.93. The molecule has 2 N–H and O–H groups in total. The average Bonchev–Trinajstić information content (AvgIpc) is 3.40. The summed E-state index contributed by atoms with van der Waals surface area (Å²) in [5.41, 5.74) is 4.97. The fourth-order valence-corrected chi connectivity index (χ4v) is 4.87. The van der Waals surface area contributed by atoms with Crippen LogP contribution in [0.3, 0.4) is 0 Å². The highest BCUT2D eigenvalue weighted by Crippen LogP contribution is 2.22. The predicted molar refractivity (Wildman–Crippen MR) is 113 cm³/mol. The Labute approximate surface area is 163 Å². The van der Waals surface area contributed by atoms with Gasteiger partial charge in [0.1, 0.15) is 5.01 Å². The van der Waals surface area contributed by atoms with Gasteiger partial charge >= 0.3 is 0 Å². The number of benzene rings is 2. The van der Waals surface area contributed by atoms with Crippen LogP contribution < -0.4 is 5.32 Å². The van der Waals surface area contributed by atoms with Crippen LogP contribution in [-0.4, -0.2) is 28.0 Å². The summed E-state index contributed by atoms with van der Waals surface area (Å²) in [6.45, 7) is 5.18. The number of nitrogens with zero attached hydrogens (tertiary/aromatic N) is 2. The van der Waals surface area contributed by atoms with Crippen molar-refractivity contribution in [3.05, 3.63) is 64.8 Å². The van der Waals surface area contributed by atoms with Crippen molar-refractivity contribution in [2.45, 2.75) is 32.5 Å². The van der Waals surface area contributed by atoms with E-state index in [1.54, 1.807) is 11.3 Å². The van der Waals surface area contributed by atoms with E-state index in [-0.39, 0.29) is 0 Å². The van der Waals surface area contributed by atoms with Crippen molar-refractivity contribution in [1.82, 2.24) is 20.2 Å². The quantitative estimate of drug-likeness (QED) is 0.514. The van der Waals surface area contributed by atoms with Gasteiger partial charge in [-0.05, 0) is 61.8 Å². The van der Waals surface area contributed by atoms with Gasteiger partial charge in [-0.2, -0.15) is 0 Å². The molecule has 0 radical (unpaired) electrons. The van der Waals surface area contributed by atoms with Crippen LogP contribution in [0.5, 0.6) is 0 Å². The second kappa shape index (κ2) is 7.43. The minimum atomic E-state index is 0.810. The highest BCUT2D eigenvalue weighted by molar-refractivity contribution is 7.18. The topological polar surface area (TPSA) is 44.0 Å². The predicted octanol–water partition coefficient (Wildman–Crippen LogP) is 4.66. The maximum atomic E-state index is 4.69. The van der Waals surface area contributed by atoms with E-state index < -0.39 is 0 Å². The maximum absolute atomic E-state index is 4.69. The summed E-state index contributed by atoms with van der Waals surface area (Å²) in [5, 5.41) is 5.99. The molecule has 1 aliphatic heterocycles. The second-order valence-corrected chi connectivity index (χ2v) is 8.49. The monoisotopic (exact) mass is 376 g/mol. The lowest BCUT2D eigenvalue weighted by atomic mass is 10.1. The lowest BCUT2D eigenvalue weighted by Gasteiger charge is -2.12. The number of aromatic nitrogens is 2. The molecule has 138 valence electrons. The molecule has 27 heavy (non-hydrogen) atoms. The molecule has 3 heterocycles. The van der Waals surface area contributed by atoms with Gasteiger partial charge in [-0.1, -0.05) is 18.2 Å². The summed E-state index contributed by atoms with van der Waals surface area (Å²) in [7, 11) is 0. The number of fused-ring (bicyclic) bond motifs is 2. The first-order chi connectivity index (χ1) is 13.3. The number of likely N-dealkylation sites (tertiary alicyclic amines) is 1. The molecule has 0 atom stereocenters. The normalized spacial score (nSPS) is 15.3. The average molecular weight is 377 g/mol. The van der Waals surface area contributed by atoms with Crippen LogP contribution in [0.25, 0.3) is 21.1 Å². The number of hydrogen-bond acceptors (Lipinski definition) is 4. The van der Waals surface area contributed by atoms with Gasteiger partial charge in [0.25, 0.3) is 0 Å². The zero-order valence-electron chi connectivity index (χ0n) is 15.4. The first-order valence-electron chi connectivity index (χ1n) is 9.71. The van der Waals surface area contributed by atoms with Crippen molar-refractivity contribution in [2.75, 3.05) is 13.1 Å². The number of nitrogens with one attached hydrogen (secondary N) is 2. The van der Waals surface area contributed by atoms with Gasteiger partial charge in [0.2, 0.25) is 0 Å². The summed E-state index contributed by atoms with van der Waals surface area (Å²) in [5.74, 6) is 0. The molecule has 2 aromatic heterocycles. The van der Waals surface area contributed by atoms with E-state index in [1.165, 1.54) is 52.8 Å². The van der Waals surface area contributed by atoms with Crippen molar-refractivity contribution >= 4 is 32.5 Å². The van der Waals surface area contributed by atoms with Crippen LogP contribution in [0, 0.1) is 0 Å². The molecule has 2 aromatic carbocycles. The minimum Gasteiger partial charge on any atom is -0.357 e. The molecule has 0 aliphatic carbocycles. The Kier molecular flexibility index (Phi) is 4.66. The summed E-state index contributed by atoms with van der Waals surface area (Å²) < 4.78 is 1.26. The molecular weight excluding hydrogens is 352 g/mol. The Hall–Kier alpha value is -2.21. The number of para-hydroxylation sites is 1. The molecule has 1 aliphatic rings. The first-order valence-corrected chi connectivity index (χ1v) is 10.5. The molecule has 0 spiro atoms. The van der Waals surface area contributed by atoms with Crippen molar-refractivity contribution in [3.8, 4) is 0 Å². The van der Waals surface area contributed by atoms with E-state index in [2.05, 4.69) is 57.7 Å². The van der Waals surface area contributed by atoms with Gasteiger partial charge in [0, 0.05) is 36.2 Å². The Morgan fingerprint density at radius 1 is 1.04 bits per heavy atom. The lowest BCUT2D eigenvalue weighted by molar-refractivity contribution is 0.328. The largest absolute Gasteiger partial charge is 0.357 e. The molecule has 0 bridgehead atoms. The minimum absolute atomic E-state index is 0.810. The molecule has 5 heteroatoms. The van der Waals surface area contributed by atoms with Crippen molar-refractivity contribution < 1.29 is 0 Å². The van der Waals surface area contributed by atoms with E-state index in [0.717, 1.165) is 30.2 Å². The Bertz CT molecular complexity index is 1030. The first kappa shape index (κ1) is 16.9. The highest BCUT2D eigenvalue weighted by Gasteiger charge is 2.13. The Morgan fingerprint density at radius 2 is 1.93 bits per heavy atom. The lowest BCUT2D eigenvalue weighted by Crippen LogP contribution is -2.18. The highest BCUT2D eigenvalue weighted by atomic mass is 32.1. The van der Waals surface area contributed by atoms with E-state index >= 15 is 0 Å². The van der Waals surface area contributed by atoms with Gasteiger partial charge in [-0.15, -0.1) is 11.3 Å². The van der Waals surface area contributed by atoms with Crippen LogP contribution >= 0.6 is 11.3 Å². The fraction of sp³-hybridized carbons (Fsp3) is 0.318. The smallest absolute Gasteiger partial charge is 0.108 e. The van der Waals surface area contributed by atoms with E-state index in [4.69, 9.17) is 4.98 Å². The SMILES string of the molecule is c1ccc2sc(CNCc3ccc4[nH]c(CN5CCCC5)cc4c3)nc2c1. The molecule has 4 nitrogen and oxygen atoms in total. The number of hydrogen-bond donors (Lipinski definition) is 2. The standard InChI is InChI=1S/C22H24N4S/c1-2-6-21-20(5-1)25-22(27-21)14-23-13-16-7-8-19-17(11-16)12-18(24-19)15-26-9-3-4-10-26/h1-2,5-8,11-12,23-24H,3-4,9-10,13-15H2. The third-order valence-corrected chi connectivity index (χ3v) is 6.31. The molecular formula is C22H24N4S. The maximum Gasteiger partial charge on any atom is 0.108 e. The van der Waals surface area contributed by atoms with Crippen LogP contribution in [0.4, 0.5) is 0 Å².